The molecule has 2 aliphatic heterocycles. The van der Waals surface area contributed by atoms with E-state index in [0.29, 0.717) is 18.7 Å². The van der Waals surface area contributed by atoms with Crippen molar-refractivity contribution in [3.8, 4) is 11.1 Å². The van der Waals surface area contributed by atoms with Crippen LogP contribution in [-0.2, 0) is 4.79 Å². The summed E-state index contributed by atoms with van der Waals surface area (Å²) in [5.74, 6) is -0.848. The molecule has 5 heteroatoms. The summed E-state index contributed by atoms with van der Waals surface area (Å²) in [6.45, 7) is 4.20. The Labute approximate surface area is 165 Å². The minimum Gasteiger partial charge on any atom is -0.481 e. The number of hydrogen-bond donors (Lipinski definition) is 1. The van der Waals surface area contributed by atoms with E-state index in [-0.39, 0.29) is 18.4 Å². The third-order valence-corrected chi connectivity index (χ3v) is 6.41. The summed E-state index contributed by atoms with van der Waals surface area (Å²) >= 11 is 0. The van der Waals surface area contributed by atoms with Crippen molar-refractivity contribution in [1.29, 1.82) is 0 Å². The van der Waals surface area contributed by atoms with E-state index in [2.05, 4.69) is 4.90 Å². The first kappa shape index (κ1) is 18.7. The number of benzene rings is 2. The Bertz CT molecular complexity index is 926. The van der Waals surface area contributed by atoms with Gasteiger partial charge >= 0.3 is 5.97 Å². The minimum absolute atomic E-state index is 0.00998. The van der Waals surface area contributed by atoms with Crippen molar-refractivity contribution >= 4 is 11.9 Å². The predicted molar refractivity (Wildman–Crippen MR) is 108 cm³/mol. The van der Waals surface area contributed by atoms with Crippen molar-refractivity contribution in [3.63, 3.8) is 0 Å². The highest BCUT2D eigenvalue weighted by molar-refractivity contribution is 6.01. The SMILES string of the molecule is Cc1ccccc1-c1ccccc1C(=O)N1C[C@H]2CCN(C)C[C@@]2(C(=O)O)C1. The second-order valence-corrected chi connectivity index (χ2v) is 8.23. The molecular weight excluding hydrogens is 352 g/mol. The van der Waals surface area contributed by atoms with Crippen LogP contribution in [0.5, 0.6) is 0 Å². The number of aliphatic carboxylic acids is 1. The van der Waals surface area contributed by atoms with Gasteiger partial charge in [0.2, 0.25) is 0 Å². The first-order valence-electron chi connectivity index (χ1n) is 9.78. The number of carbonyl (C=O) groups excluding carboxylic acids is 1. The number of rotatable bonds is 3. The monoisotopic (exact) mass is 378 g/mol. The molecule has 1 N–H and O–H groups in total. The standard InChI is InChI=1S/C23H26N2O3/c1-16-7-3-4-8-18(16)19-9-5-6-10-20(19)21(26)25-13-17-11-12-24(2)14-23(17,15-25)22(27)28/h3-10,17H,11-15H2,1-2H3,(H,27,28)/t17-,23-/m1/s1. The molecule has 2 atom stereocenters. The molecule has 1 amide bonds. The molecule has 2 fully saturated rings. The largest absolute Gasteiger partial charge is 0.481 e. The number of carboxylic acids is 1. The van der Waals surface area contributed by atoms with Crippen LogP contribution in [0, 0.1) is 18.3 Å². The molecule has 2 aromatic carbocycles. The number of hydrogen-bond acceptors (Lipinski definition) is 3. The van der Waals surface area contributed by atoms with Gasteiger partial charge in [0.15, 0.2) is 0 Å². The second-order valence-electron chi connectivity index (χ2n) is 8.23. The predicted octanol–water partition coefficient (Wildman–Crippen LogP) is 3.14. The Balaban J connectivity index is 1.69. The van der Waals surface area contributed by atoms with Crippen LogP contribution in [0.25, 0.3) is 11.1 Å². The first-order valence-corrected chi connectivity index (χ1v) is 9.78. The molecule has 0 radical (unpaired) electrons. The lowest BCUT2D eigenvalue weighted by Crippen LogP contribution is -2.52. The van der Waals surface area contributed by atoms with E-state index < -0.39 is 11.4 Å². The molecule has 0 saturated carbocycles. The van der Waals surface area contributed by atoms with E-state index in [1.165, 1.54) is 0 Å². The normalized spacial score (nSPS) is 24.8. The van der Waals surface area contributed by atoms with Gasteiger partial charge in [-0.3, -0.25) is 9.59 Å². The topological polar surface area (TPSA) is 60.9 Å². The van der Waals surface area contributed by atoms with Gasteiger partial charge in [-0.2, -0.15) is 0 Å². The van der Waals surface area contributed by atoms with Crippen LogP contribution < -0.4 is 0 Å². The lowest BCUT2D eigenvalue weighted by molar-refractivity contribution is -0.153. The number of fused-ring (bicyclic) bond motifs is 1. The number of amides is 1. The van der Waals surface area contributed by atoms with Crippen LogP contribution in [0.1, 0.15) is 22.3 Å². The third-order valence-electron chi connectivity index (χ3n) is 6.41. The Morgan fingerprint density at radius 1 is 1.04 bits per heavy atom. The smallest absolute Gasteiger partial charge is 0.313 e. The van der Waals surface area contributed by atoms with Gasteiger partial charge in [-0.1, -0.05) is 42.5 Å². The van der Waals surface area contributed by atoms with Gasteiger partial charge < -0.3 is 14.9 Å². The van der Waals surface area contributed by atoms with Gasteiger partial charge in [0.1, 0.15) is 5.41 Å². The molecule has 0 unspecified atom stereocenters. The number of piperidine rings is 1. The maximum atomic E-state index is 13.5. The average Bonchev–Trinajstić information content (AvgIpc) is 3.08. The van der Waals surface area contributed by atoms with Crippen LogP contribution in [0.15, 0.2) is 48.5 Å². The third kappa shape index (κ3) is 3.00. The van der Waals surface area contributed by atoms with Crippen molar-refractivity contribution in [3.05, 3.63) is 59.7 Å². The van der Waals surface area contributed by atoms with Gasteiger partial charge in [-0.05, 0) is 55.6 Å². The summed E-state index contributed by atoms with van der Waals surface area (Å²) in [4.78, 5) is 29.5. The molecule has 0 bridgehead atoms. The highest BCUT2D eigenvalue weighted by atomic mass is 16.4. The summed E-state index contributed by atoms with van der Waals surface area (Å²) in [7, 11) is 1.96. The van der Waals surface area contributed by atoms with E-state index in [1.54, 1.807) is 4.90 Å². The fraction of sp³-hybridized carbons (Fsp3) is 0.391. The molecule has 4 rings (SSSR count). The zero-order valence-corrected chi connectivity index (χ0v) is 16.4. The summed E-state index contributed by atoms with van der Waals surface area (Å²) in [5.41, 5.74) is 2.84. The van der Waals surface area contributed by atoms with Gasteiger partial charge in [-0.15, -0.1) is 0 Å². The minimum atomic E-state index is -0.861. The number of nitrogens with zero attached hydrogens (tertiary/aromatic N) is 2. The quantitative estimate of drug-likeness (QED) is 0.891. The Morgan fingerprint density at radius 3 is 2.43 bits per heavy atom. The van der Waals surface area contributed by atoms with E-state index in [9.17, 15) is 14.7 Å². The second kappa shape index (κ2) is 7.06. The van der Waals surface area contributed by atoms with Crippen molar-refractivity contribution in [2.24, 2.45) is 11.3 Å². The molecule has 5 nitrogen and oxygen atoms in total. The number of aryl methyl sites for hydroxylation is 1. The fourth-order valence-electron chi connectivity index (χ4n) is 4.87. The summed E-state index contributed by atoms with van der Waals surface area (Å²) in [6, 6.07) is 15.7. The lowest BCUT2D eigenvalue weighted by atomic mass is 9.73. The van der Waals surface area contributed by atoms with E-state index >= 15 is 0 Å². The highest BCUT2D eigenvalue weighted by Crippen LogP contribution is 2.43. The summed E-state index contributed by atoms with van der Waals surface area (Å²) in [5, 5.41) is 9.99. The van der Waals surface area contributed by atoms with Crippen molar-refractivity contribution < 1.29 is 14.7 Å². The van der Waals surface area contributed by atoms with Gasteiger partial charge in [0, 0.05) is 25.2 Å². The zero-order chi connectivity index (χ0) is 19.9. The zero-order valence-electron chi connectivity index (χ0n) is 16.4. The van der Waals surface area contributed by atoms with Crippen molar-refractivity contribution in [2.45, 2.75) is 13.3 Å². The molecule has 2 aliphatic rings. The van der Waals surface area contributed by atoms with Crippen molar-refractivity contribution in [2.75, 3.05) is 33.2 Å². The van der Waals surface area contributed by atoms with Crippen LogP contribution in [-0.4, -0.2) is 60.0 Å². The van der Waals surface area contributed by atoms with Gasteiger partial charge in [0.25, 0.3) is 5.91 Å². The Morgan fingerprint density at radius 2 is 1.71 bits per heavy atom. The Hall–Kier alpha value is -2.66. The van der Waals surface area contributed by atoms with Crippen LogP contribution in [0.3, 0.4) is 0 Å². The molecule has 2 saturated heterocycles. The van der Waals surface area contributed by atoms with Crippen LogP contribution >= 0.6 is 0 Å². The molecule has 0 aliphatic carbocycles. The van der Waals surface area contributed by atoms with Gasteiger partial charge in [-0.25, -0.2) is 0 Å². The van der Waals surface area contributed by atoms with Gasteiger partial charge in [0.05, 0.1) is 0 Å². The first-order chi connectivity index (χ1) is 13.4. The number of carboxylic acid groups (broad SMARTS) is 1. The Kier molecular flexibility index (Phi) is 4.71. The molecule has 0 spiro atoms. The molecular formula is C23H26N2O3. The molecule has 2 heterocycles. The maximum Gasteiger partial charge on any atom is 0.313 e. The average molecular weight is 378 g/mol. The maximum absolute atomic E-state index is 13.5. The number of likely N-dealkylation sites (tertiary alicyclic amines) is 2. The number of carbonyl (C=O) groups is 2. The van der Waals surface area contributed by atoms with Crippen molar-refractivity contribution in [1.82, 2.24) is 9.80 Å². The van der Waals surface area contributed by atoms with E-state index in [4.69, 9.17) is 0 Å². The van der Waals surface area contributed by atoms with Crippen LogP contribution in [0.4, 0.5) is 0 Å². The summed E-state index contributed by atoms with van der Waals surface area (Å²) in [6.07, 6.45) is 0.812. The fourth-order valence-corrected chi connectivity index (χ4v) is 4.87. The molecule has 28 heavy (non-hydrogen) atoms. The lowest BCUT2D eigenvalue weighted by Gasteiger charge is -2.39. The van der Waals surface area contributed by atoms with E-state index in [1.807, 2.05) is 62.5 Å². The van der Waals surface area contributed by atoms with Crippen LogP contribution in [0.2, 0.25) is 0 Å². The molecule has 0 aromatic heterocycles. The molecule has 2 aromatic rings. The summed E-state index contributed by atoms with van der Waals surface area (Å²) < 4.78 is 0. The molecule has 146 valence electrons. The highest BCUT2D eigenvalue weighted by Gasteiger charge is 2.55. The van der Waals surface area contributed by atoms with E-state index in [0.717, 1.165) is 29.7 Å².